The van der Waals surface area contributed by atoms with Crippen LogP contribution < -0.4 is 4.90 Å². The van der Waals surface area contributed by atoms with Gasteiger partial charge in [-0.05, 0) is 19.1 Å². The Labute approximate surface area is 118 Å². The molecule has 1 aromatic heterocycles. The molecular weight excluding hydrogens is 299 g/mol. The fourth-order valence-electron chi connectivity index (χ4n) is 2.07. The van der Waals surface area contributed by atoms with Crippen LogP contribution in [0.3, 0.4) is 0 Å². The van der Waals surface area contributed by atoms with E-state index in [0.29, 0.717) is 29.2 Å². The number of rotatable bonds is 2. The van der Waals surface area contributed by atoms with Crippen LogP contribution in [0.15, 0.2) is 11.2 Å². The Morgan fingerprint density at radius 2 is 1.95 bits per heavy atom. The summed E-state index contributed by atoms with van der Waals surface area (Å²) in [7, 11) is 0. The second-order valence-electron chi connectivity index (χ2n) is 4.34. The van der Waals surface area contributed by atoms with Crippen LogP contribution in [0.2, 0.25) is 5.15 Å². The molecule has 0 atom stereocenters. The van der Waals surface area contributed by atoms with Gasteiger partial charge in [0.2, 0.25) is 0 Å². The summed E-state index contributed by atoms with van der Waals surface area (Å²) in [5.74, 6) is -0.606. The van der Waals surface area contributed by atoms with Crippen molar-refractivity contribution in [3.8, 4) is 0 Å². The molecule has 0 aromatic carbocycles. The molecule has 0 amide bonds. The van der Waals surface area contributed by atoms with Crippen molar-refractivity contribution in [3.63, 3.8) is 0 Å². The molecule has 1 aliphatic rings. The third-order valence-electron chi connectivity index (χ3n) is 3.13. The molecule has 1 fully saturated rings. The Bertz CT molecular complexity index is 447. The molecule has 8 heteroatoms. The van der Waals surface area contributed by atoms with E-state index in [1.165, 1.54) is 11.8 Å². The summed E-state index contributed by atoms with van der Waals surface area (Å²) in [5, 5.41) is 0.840. The maximum Gasteiger partial charge on any atom is 0.391 e. The van der Waals surface area contributed by atoms with Crippen molar-refractivity contribution in [2.45, 2.75) is 24.2 Å². The lowest BCUT2D eigenvalue weighted by Gasteiger charge is -2.33. The lowest BCUT2D eigenvalue weighted by Crippen LogP contribution is -2.39. The normalized spacial score (nSPS) is 17.8. The predicted molar refractivity (Wildman–Crippen MR) is 69.8 cm³/mol. The minimum atomic E-state index is -4.10. The standard InChI is InChI=1S/C11H13ClF3N3S/c1-19-10-16-8(12)6-9(17-10)18-4-2-7(3-5-18)11(13,14)15/h6-7H,2-5H2,1H3. The highest BCUT2D eigenvalue weighted by molar-refractivity contribution is 7.98. The highest BCUT2D eigenvalue weighted by Crippen LogP contribution is 2.35. The first kappa shape index (κ1) is 14.7. The van der Waals surface area contributed by atoms with Crippen molar-refractivity contribution >= 4 is 29.2 Å². The summed E-state index contributed by atoms with van der Waals surface area (Å²) < 4.78 is 37.8. The molecule has 0 unspecified atom stereocenters. The first-order chi connectivity index (χ1) is 8.90. The fraction of sp³-hybridized carbons (Fsp3) is 0.636. The van der Waals surface area contributed by atoms with Crippen LogP contribution in [0, 0.1) is 5.92 Å². The molecule has 0 spiro atoms. The third kappa shape index (κ3) is 3.66. The van der Waals surface area contributed by atoms with Crippen molar-refractivity contribution in [3.05, 3.63) is 11.2 Å². The van der Waals surface area contributed by atoms with Gasteiger partial charge in [0.05, 0.1) is 5.92 Å². The van der Waals surface area contributed by atoms with Gasteiger partial charge >= 0.3 is 6.18 Å². The maximum atomic E-state index is 12.6. The van der Waals surface area contributed by atoms with Crippen molar-refractivity contribution < 1.29 is 13.2 Å². The zero-order valence-electron chi connectivity index (χ0n) is 10.2. The van der Waals surface area contributed by atoms with Gasteiger partial charge in [-0.25, -0.2) is 9.97 Å². The van der Waals surface area contributed by atoms with Crippen LogP contribution >= 0.6 is 23.4 Å². The number of nitrogens with zero attached hydrogens (tertiary/aromatic N) is 3. The number of hydrogen-bond acceptors (Lipinski definition) is 4. The Kier molecular flexibility index (Phi) is 4.45. The molecule has 19 heavy (non-hydrogen) atoms. The van der Waals surface area contributed by atoms with Gasteiger partial charge in [-0.15, -0.1) is 0 Å². The van der Waals surface area contributed by atoms with Crippen LogP contribution in [0.1, 0.15) is 12.8 Å². The van der Waals surface area contributed by atoms with E-state index in [-0.39, 0.29) is 12.8 Å². The van der Waals surface area contributed by atoms with E-state index in [0.717, 1.165) is 0 Å². The summed E-state index contributed by atoms with van der Waals surface area (Å²) in [5.41, 5.74) is 0. The minimum absolute atomic E-state index is 0.0969. The smallest absolute Gasteiger partial charge is 0.356 e. The average Bonchev–Trinajstić information content (AvgIpc) is 2.37. The topological polar surface area (TPSA) is 29.0 Å². The first-order valence-electron chi connectivity index (χ1n) is 5.80. The summed E-state index contributed by atoms with van der Waals surface area (Å²) in [6.45, 7) is 0.677. The molecule has 0 bridgehead atoms. The summed E-state index contributed by atoms with van der Waals surface area (Å²) in [6, 6.07) is 1.59. The lowest BCUT2D eigenvalue weighted by atomic mass is 9.96. The maximum absolute atomic E-state index is 12.6. The van der Waals surface area contributed by atoms with Crippen molar-refractivity contribution in [2.24, 2.45) is 5.92 Å². The van der Waals surface area contributed by atoms with Crippen LogP contribution in [0.4, 0.5) is 19.0 Å². The molecule has 1 aromatic rings. The van der Waals surface area contributed by atoms with E-state index in [1.54, 1.807) is 6.07 Å². The van der Waals surface area contributed by atoms with Crippen molar-refractivity contribution in [1.82, 2.24) is 9.97 Å². The molecule has 0 aliphatic carbocycles. The van der Waals surface area contributed by atoms with E-state index in [9.17, 15) is 13.2 Å². The van der Waals surface area contributed by atoms with Gasteiger partial charge < -0.3 is 4.90 Å². The highest BCUT2D eigenvalue weighted by atomic mass is 35.5. The van der Waals surface area contributed by atoms with E-state index >= 15 is 0 Å². The molecule has 3 nitrogen and oxygen atoms in total. The van der Waals surface area contributed by atoms with Crippen LogP contribution in [0.5, 0.6) is 0 Å². The number of anilines is 1. The Morgan fingerprint density at radius 3 is 2.47 bits per heavy atom. The van der Waals surface area contributed by atoms with Crippen LogP contribution in [-0.2, 0) is 0 Å². The number of alkyl halides is 3. The number of thioether (sulfide) groups is 1. The van der Waals surface area contributed by atoms with E-state index in [2.05, 4.69) is 9.97 Å². The van der Waals surface area contributed by atoms with Gasteiger partial charge in [0.25, 0.3) is 0 Å². The number of halogens is 4. The molecule has 0 saturated carbocycles. The second-order valence-corrected chi connectivity index (χ2v) is 5.50. The Hall–Kier alpha value is -0.690. The molecule has 2 rings (SSSR count). The quantitative estimate of drug-likeness (QED) is 0.474. The molecule has 106 valence electrons. The van der Waals surface area contributed by atoms with Crippen LogP contribution in [-0.4, -0.2) is 35.5 Å². The zero-order valence-corrected chi connectivity index (χ0v) is 11.8. The third-order valence-corrected chi connectivity index (χ3v) is 3.87. The molecule has 1 saturated heterocycles. The van der Waals surface area contributed by atoms with Crippen LogP contribution in [0.25, 0.3) is 0 Å². The summed E-state index contributed by atoms with van der Waals surface area (Å²) in [6.07, 6.45) is -2.08. The predicted octanol–water partition coefficient (Wildman–Crippen LogP) is 3.63. The molecule has 2 heterocycles. The lowest BCUT2D eigenvalue weighted by molar-refractivity contribution is -0.179. The monoisotopic (exact) mass is 311 g/mol. The molecule has 1 aliphatic heterocycles. The van der Waals surface area contributed by atoms with E-state index in [1.807, 2.05) is 11.2 Å². The van der Waals surface area contributed by atoms with Gasteiger partial charge in [-0.2, -0.15) is 13.2 Å². The fourth-order valence-corrected chi connectivity index (χ4v) is 2.68. The SMILES string of the molecule is CSc1nc(Cl)cc(N2CCC(C(F)(F)F)CC2)n1. The Balaban J connectivity index is 2.07. The van der Waals surface area contributed by atoms with Gasteiger partial charge in [0.15, 0.2) is 5.16 Å². The Morgan fingerprint density at radius 1 is 1.32 bits per heavy atom. The minimum Gasteiger partial charge on any atom is -0.356 e. The molecular formula is C11H13ClF3N3S. The highest BCUT2D eigenvalue weighted by Gasteiger charge is 2.41. The molecule has 0 N–H and O–H groups in total. The van der Waals surface area contributed by atoms with Gasteiger partial charge in [-0.1, -0.05) is 23.4 Å². The zero-order chi connectivity index (χ0) is 14.0. The number of aromatic nitrogens is 2. The van der Waals surface area contributed by atoms with Gasteiger partial charge in [0, 0.05) is 19.2 Å². The number of piperidine rings is 1. The second kappa shape index (κ2) is 5.75. The molecule has 0 radical (unpaired) electrons. The van der Waals surface area contributed by atoms with Crippen molar-refractivity contribution in [2.75, 3.05) is 24.2 Å². The first-order valence-corrected chi connectivity index (χ1v) is 7.40. The van der Waals surface area contributed by atoms with Crippen molar-refractivity contribution in [1.29, 1.82) is 0 Å². The number of hydrogen-bond donors (Lipinski definition) is 0. The largest absolute Gasteiger partial charge is 0.391 e. The van der Waals surface area contributed by atoms with E-state index in [4.69, 9.17) is 11.6 Å². The van der Waals surface area contributed by atoms with Gasteiger partial charge in [0.1, 0.15) is 11.0 Å². The summed E-state index contributed by atoms with van der Waals surface area (Å²) in [4.78, 5) is 10.1. The summed E-state index contributed by atoms with van der Waals surface area (Å²) >= 11 is 7.23. The average molecular weight is 312 g/mol. The van der Waals surface area contributed by atoms with Gasteiger partial charge in [-0.3, -0.25) is 0 Å². The van der Waals surface area contributed by atoms with E-state index < -0.39 is 12.1 Å².